The highest BCUT2D eigenvalue weighted by molar-refractivity contribution is 5.82. The molecule has 4 nitrogen and oxygen atoms in total. The second kappa shape index (κ2) is 6.41. The van der Waals surface area contributed by atoms with Crippen molar-refractivity contribution in [1.82, 2.24) is 4.90 Å². The van der Waals surface area contributed by atoms with Gasteiger partial charge in [0.2, 0.25) is 0 Å². The van der Waals surface area contributed by atoms with Gasteiger partial charge in [0.05, 0.1) is 19.2 Å². The van der Waals surface area contributed by atoms with Gasteiger partial charge in [0.25, 0.3) is 0 Å². The number of rotatable bonds is 4. The van der Waals surface area contributed by atoms with Crippen molar-refractivity contribution >= 4 is 5.78 Å². The molecule has 0 saturated carbocycles. The number of morpholine rings is 1. The van der Waals surface area contributed by atoms with Gasteiger partial charge >= 0.3 is 0 Å². The average Bonchev–Trinajstić information content (AvgIpc) is 2.41. The molecule has 0 aromatic heterocycles. The lowest BCUT2D eigenvalue weighted by Crippen LogP contribution is -2.44. The van der Waals surface area contributed by atoms with E-state index in [1.807, 2.05) is 11.0 Å². The van der Waals surface area contributed by atoms with Crippen LogP contribution in [0.3, 0.4) is 0 Å². The molecule has 0 aliphatic carbocycles. The van der Waals surface area contributed by atoms with Crippen LogP contribution in [0.2, 0.25) is 0 Å². The predicted molar refractivity (Wildman–Crippen MR) is 66.9 cm³/mol. The lowest BCUT2D eigenvalue weighted by Gasteiger charge is -2.28. The van der Waals surface area contributed by atoms with Crippen LogP contribution >= 0.6 is 0 Å². The van der Waals surface area contributed by atoms with Gasteiger partial charge in [0.15, 0.2) is 11.9 Å². The van der Waals surface area contributed by atoms with E-state index in [1.54, 1.807) is 18.2 Å². The summed E-state index contributed by atoms with van der Waals surface area (Å²) in [5, 5.41) is 8.78. The summed E-state index contributed by atoms with van der Waals surface area (Å²) in [6.07, 6.45) is -0.392. The van der Waals surface area contributed by atoms with Crippen molar-refractivity contribution in [2.45, 2.75) is 12.5 Å². The van der Waals surface area contributed by atoms with Crippen LogP contribution in [0.25, 0.3) is 0 Å². The third kappa shape index (κ3) is 3.85. The number of carbonyl (C=O) groups is 1. The molecule has 1 unspecified atom stereocenters. The Balaban J connectivity index is 1.88. The molecule has 0 spiro atoms. The van der Waals surface area contributed by atoms with E-state index in [4.69, 9.17) is 10.00 Å². The molecule has 1 saturated heterocycles. The molecule has 100 valence electrons. The number of ether oxygens (including phenoxy) is 1. The number of benzene rings is 1. The molecule has 1 atom stereocenters. The van der Waals surface area contributed by atoms with Crippen LogP contribution < -0.4 is 0 Å². The molecule has 0 radical (unpaired) electrons. The predicted octanol–water partition coefficient (Wildman–Crippen LogP) is 1.16. The molecule has 0 bridgehead atoms. The van der Waals surface area contributed by atoms with Gasteiger partial charge in [-0.25, -0.2) is 4.39 Å². The molecule has 1 fully saturated rings. The van der Waals surface area contributed by atoms with E-state index in [0.29, 0.717) is 25.3 Å². The summed E-state index contributed by atoms with van der Waals surface area (Å²) in [5.41, 5.74) is 0.414. The summed E-state index contributed by atoms with van der Waals surface area (Å²) in [6, 6.07) is 8.31. The summed E-state index contributed by atoms with van der Waals surface area (Å²) in [7, 11) is 0. The van der Waals surface area contributed by atoms with Gasteiger partial charge < -0.3 is 4.74 Å². The van der Waals surface area contributed by atoms with Crippen molar-refractivity contribution in [2.24, 2.45) is 0 Å². The minimum Gasteiger partial charge on any atom is -0.361 e. The average molecular weight is 262 g/mol. The van der Waals surface area contributed by atoms with E-state index in [0.717, 1.165) is 0 Å². The van der Waals surface area contributed by atoms with Crippen LogP contribution in [0.1, 0.15) is 5.56 Å². The zero-order chi connectivity index (χ0) is 13.7. The molecule has 1 aliphatic heterocycles. The van der Waals surface area contributed by atoms with Crippen LogP contribution in [0.5, 0.6) is 0 Å². The summed E-state index contributed by atoms with van der Waals surface area (Å²) in [6.45, 7) is 1.74. The highest BCUT2D eigenvalue weighted by Gasteiger charge is 2.21. The number of hydrogen-bond acceptors (Lipinski definition) is 4. The van der Waals surface area contributed by atoms with Crippen molar-refractivity contribution < 1.29 is 13.9 Å². The van der Waals surface area contributed by atoms with Gasteiger partial charge in [-0.2, -0.15) is 5.26 Å². The second-order valence-corrected chi connectivity index (χ2v) is 4.53. The number of ketones is 1. The Morgan fingerprint density at radius 3 is 3.05 bits per heavy atom. The summed E-state index contributed by atoms with van der Waals surface area (Å²) in [4.78, 5) is 13.8. The molecule has 2 rings (SSSR count). The van der Waals surface area contributed by atoms with E-state index in [9.17, 15) is 9.18 Å². The molecular weight excluding hydrogens is 247 g/mol. The Morgan fingerprint density at radius 2 is 2.32 bits per heavy atom. The van der Waals surface area contributed by atoms with Crippen LogP contribution in [-0.4, -0.2) is 43.0 Å². The number of halogens is 1. The van der Waals surface area contributed by atoms with Crippen molar-refractivity contribution in [1.29, 1.82) is 5.26 Å². The van der Waals surface area contributed by atoms with Gasteiger partial charge in [-0.15, -0.1) is 0 Å². The van der Waals surface area contributed by atoms with Crippen LogP contribution in [0.15, 0.2) is 24.3 Å². The largest absolute Gasteiger partial charge is 0.361 e. The standard InChI is InChI=1S/C14H15FN2O2/c15-14-4-2-1-3-11(14)7-12(18)9-17-5-6-19-13(8-16)10-17/h1-4,13H,5-7,9-10H2. The summed E-state index contributed by atoms with van der Waals surface area (Å²) >= 11 is 0. The molecular formula is C14H15FN2O2. The number of carbonyl (C=O) groups excluding carboxylic acids is 1. The Labute approximate surface area is 111 Å². The molecule has 1 aromatic carbocycles. The minimum absolute atomic E-state index is 0.0521. The van der Waals surface area contributed by atoms with Gasteiger partial charge in [-0.3, -0.25) is 9.69 Å². The first-order valence-electron chi connectivity index (χ1n) is 6.17. The van der Waals surface area contributed by atoms with Gasteiger partial charge in [-0.1, -0.05) is 18.2 Å². The molecule has 1 aliphatic rings. The lowest BCUT2D eigenvalue weighted by atomic mass is 10.1. The third-order valence-corrected chi connectivity index (χ3v) is 3.04. The first-order chi connectivity index (χ1) is 9.19. The molecule has 0 amide bonds. The first-order valence-corrected chi connectivity index (χ1v) is 6.17. The van der Waals surface area contributed by atoms with Gasteiger partial charge in [-0.05, 0) is 11.6 Å². The Hall–Kier alpha value is -1.77. The van der Waals surface area contributed by atoms with Gasteiger partial charge in [0.1, 0.15) is 5.82 Å². The highest BCUT2D eigenvalue weighted by Crippen LogP contribution is 2.09. The smallest absolute Gasteiger partial charge is 0.156 e. The Kier molecular flexibility index (Phi) is 4.61. The fraction of sp³-hybridized carbons (Fsp3) is 0.429. The minimum atomic E-state index is -0.477. The fourth-order valence-electron chi connectivity index (χ4n) is 2.08. The molecule has 1 heterocycles. The van der Waals surface area contributed by atoms with E-state index in [-0.39, 0.29) is 24.6 Å². The number of Topliss-reactive ketones (excluding diaryl/α,β-unsaturated/α-hetero) is 1. The number of hydrogen-bond donors (Lipinski definition) is 0. The Morgan fingerprint density at radius 1 is 1.53 bits per heavy atom. The SMILES string of the molecule is N#CC1CN(CC(=O)Cc2ccccc2F)CCO1. The van der Waals surface area contributed by atoms with E-state index >= 15 is 0 Å². The zero-order valence-corrected chi connectivity index (χ0v) is 10.5. The van der Waals surface area contributed by atoms with Crippen LogP contribution in [0, 0.1) is 17.1 Å². The van der Waals surface area contributed by atoms with Crippen LogP contribution in [0.4, 0.5) is 4.39 Å². The fourth-order valence-corrected chi connectivity index (χ4v) is 2.08. The maximum atomic E-state index is 13.4. The van der Waals surface area contributed by atoms with E-state index in [1.165, 1.54) is 6.07 Å². The van der Waals surface area contributed by atoms with E-state index < -0.39 is 6.10 Å². The molecule has 19 heavy (non-hydrogen) atoms. The quantitative estimate of drug-likeness (QED) is 0.817. The molecule has 0 N–H and O–H groups in total. The van der Waals surface area contributed by atoms with Crippen molar-refractivity contribution in [3.05, 3.63) is 35.6 Å². The Bertz CT molecular complexity index is 498. The van der Waals surface area contributed by atoms with Crippen molar-refractivity contribution in [3.63, 3.8) is 0 Å². The summed E-state index contributed by atoms with van der Waals surface area (Å²) < 4.78 is 18.6. The molecule has 5 heteroatoms. The second-order valence-electron chi connectivity index (χ2n) is 4.53. The number of nitrogens with zero attached hydrogens (tertiary/aromatic N) is 2. The lowest BCUT2D eigenvalue weighted by molar-refractivity contribution is -0.121. The maximum absolute atomic E-state index is 13.4. The van der Waals surface area contributed by atoms with Gasteiger partial charge in [0, 0.05) is 19.5 Å². The van der Waals surface area contributed by atoms with Crippen molar-refractivity contribution in [2.75, 3.05) is 26.2 Å². The third-order valence-electron chi connectivity index (χ3n) is 3.04. The summed E-state index contributed by atoms with van der Waals surface area (Å²) in [5.74, 6) is -0.406. The topological polar surface area (TPSA) is 53.3 Å². The first kappa shape index (κ1) is 13.7. The normalized spacial score (nSPS) is 19.9. The maximum Gasteiger partial charge on any atom is 0.156 e. The highest BCUT2D eigenvalue weighted by atomic mass is 19.1. The van der Waals surface area contributed by atoms with Crippen molar-refractivity contribution in [3.8, 4) is 6.07 Å². The van der Waals surface area contributed by atoms with Crippen LogP contribution in [-0.2, 0) is 16.0 Å². The molecule has 1 aromatic rings. The monoisotopic (exact) mass is 262 g/mol. The number of nitriles is 1. The zero-order valence-electron chi connectivity index (χ0n) is 10.5. The van der Waals surface area contributed by atoms with E-state index in [2.05, 4.69) is 0 Å².